The van der Waals surface area contributed by atoms with Gasteiger partial charge in [0.2, 0.25) is 11.9 Å². The van der Waals surface area contributed by atoms with Crippen LogP contribution in [0.1, 0.15) is 82.2 Å². The Kier molecular flexibility index (Phi) is 7.31. The first-order valence-electron chi connectivity index (χ1n) is 14.9. The molecule has 228 valence electrons. The van der Waals surface area contributed by atoms with Crippen LogP contribution in [0.2, 0.25) is 0 Å². The standard InChI is InChI=1S/C30H39N9O4/c1-29(2,3)43-27(42)30-13-12-19(34-30)15-24(40)38(17-30)23-11-10-22(35-36-23)32-28-31-16-18-14-21(26(41)37(4)5)39(25(18)33-28)20-8-6-7-9-20/h10-11,14,16,19-20,34H,6-9,12-13,15,17H2,1-5H3,(H,31,32,33,35). The second-order valence-electron chi connectivity index (χ2n) is 13.1. The van der Waals surface area contributed by atoms with Crippen molar-refractivity contribution in [1.82, 2.24) is 34.9 Å². The number of fused-ring (bicyclic) bond motifs is 3. The highest BCUT2D eigenvalue weighted by Gasteiger charge is 2.52. The molecule has 0 radical (unpaired) electrons. The molecule has 43 heavy (non-hydrogen) atoms. The Morgan fingerprint density at radius 3 is 2.58 bits per heavy atom. The van der Waals surface area contributed by atoms with E-state index in [-0.39, 0.29) is 42.8 Å². The maximum absolute atomic E-state index is 13.3. The topological polar surface area (TPSA) is 147 Å². The number of rotatable bonds is 6. The fourth-order valence-corrected chi connectivity index (χ4v) is 6.37. The van der Waals surface area contributed by atoms with E-state index < -0.39 is 11.1 Å². The van der Waals surface area contributed by atoms with Crippen LogP contribution in [0.5, 0.6) is 0 Å². The molecule has 3 aromatic rings. The SMILES string of the molecule is CN(C)C(=O)c1cc2cnc(Nc3ccc(N4CC5(C(=O)OC(C)(C)C)CCC(CC4=O)N5)nn3)nc2n1C1CCCC1. The number of anilines is 3. The highest BCUT2D eigenvalue weighted by molar-refractivity contribution is 5.98. The van der Waals surface area contributed by atoms with E-state index in [1.54, 1.807) is 37.3 Å². The number of hydrogen-bond donors (Lipinski definition) is 2. The molecule has 1 aliphatic carbocycles. The van der Waals surface area contributed by atoms with Crippen molar-refractivity contribution in [3.8, 4) is 0 Å². The minimum atomic E-state index is -0.993. The smallest absolute Gasteiger partial charge is 0.328 e. The van der Waals surface area contributed by atoms with E-state index in [0.717, 1.165) is 37.5 Å². The van der Waals surface area contributed by atoms with Crippen LogP contribution in [0.3, 0.4) is 0 Å². The summed E-state index contributed by atoms with van der Waals surface area (Å²) in [4.78, 5) is 51.8. The van der Waals surface area contributed by atoms with Crippen LogP contribution in [0, 0.1) is 0 Å². The number of carbonyl (C=O) groups is 3. The fraction of sp³-hybridized carbons (Fsp3) is 0.567. The number of carbonyl (C=O) groups excluding carboxylic acids is 3. The summed E-state index contributed by atoms with van der Waals surface area (Å²) in [5, 5.41) is 15.9. The average molecular weight is 590 g/mol. The van der Waals surface area contributed by atoms with Gasteiger partial charge in [-0.05, 0) is 64.7 Å². The molecule has 2 saturated heterocycles. The minimum absolute atomic E-state index is 0.0687. The number of nitrogens with one attached hydrogen (secondary N) is 2. The van der Waals surface area contributed by atoms with Crippen LogP contribution in [-0.2, 0) is 14.3 Å². The van der Waals surface area contributed by atoms with Crippen molar-refractivity contribution in [3.05, 3.63) is 30.1 Å². The summed E-state index contributed by atoms with van der Waals surface area (Å²) in [6.45, 7) is 5.62. The van der Waals surface area contributed by atoms with Crippen LogP contribution in [0.4, 0.5) is 17.6 Å². The number of amides is 2. The zero-order valence-electron chi connectivity index (χ0n) is 25.4. The van der Waals surface area contributed by atoms with Crippen molar-refractivity contribution in [1.29, 1.82) is 0 Å². The molecule has 2 N–H and O–H groups in total. The summed E-state index contributed by atoms with van der Waals surface area (Å²) in [5.41, 5.74) is -0.332. The van der Waals surface area contributed by atoms with Gasteiger partial charge in [-0.1, -0.05) is 12.8 Å². The molecule has 2 bridgehead atoms. The van der Waals surface area contributed by atoms with Gasteiger partial charge in [0.05, 0.1) is 6.54 Å². The molecule has 6 rings (SSSR count). The molecule has 2 aliphatic heterocycles. The van der Waals surface area contributed by atoms with Gasteiger partial charge in [-0.25, -0.2) is 9.78 Å². The fourth-order valence-electron chi connectivity index (χ4n) is 6.37. The number of nitrogens with zero attached hydrogens (tertiary/aromatic N) is 7. The molecule has 5 heterocycles. The molecular formula is C30H39N9O4. The third kappa shape index (κ3) is 5.65. The van der Waals surface area contributed by atoms with Crippen molar-refractivity contribution >= 4 is 46.4 Å². The van der Waals surface area contributed by atoms with Crippen molar-refractivity contribution in [3.63, 3.8) is 0 Å². The van der Waals surface area contributed by atoms with E-state index in [1.165, 1.54) is 4.90 Å². The van der Waals surface area contributed by atoms with Crippen LogP contribution in [-0.4, -0.2) is 85.2 Å². The van der Waals surface area contributed by atoms with E-state index in [9.17, 15) is 14.4 Å². The molecule has 1 saturated carbocycles. The number of ether oxygens (including phenoxy) is 1. The maximum atomic E-state index is 13.3. The summed E-state index contributed by atoms with van der Waals surface area (Å²) in [6.07, 6.45) is 7.51. The molecule has 13 heteroatoms. The summed E-state index contributed by atoms with van der Waals surface area (Å²) < 4.78 is 7.79. The number of hydrogen-bond acceptors (Lipinski definition) is 10. The van der Waals surface area contributed by atoms with Crippen LogP contribution < -0.4 is 15.5 Å². The zero-order chi connectivity index (χ0) is 30.5. The van der Waals surface area contributed by atoms with Crippen LogP contribution >= 0.6 is 0 Å². The van der Waals surface area contributed by atoms with E-state index >= 15 is 0 Å². The predicted octanol–water partition coefficient (Wildman–Crippen LogP) is 3.35. The summed E-state index contributed by atoms with van der Waals surface area (Å²) in [6, 6.07) is 5.37. The van der Waals surface area contributed by atoms with Gasteiger partial charge >= 0.3 is 5.97 Å². The van der Waals surface area contributed by atoms with Crippen molar-refractivity contribution in [2.24, 2.45) is 0 Å². The predicted molar refractivity (Wildman–Crippen MR) is 160 cm³/mol. The highest BCUT2D eigenvalue weighted by Crippen LogP contribution is 2.36. The second-order valence-corrected chi connectivity index (χ2v) is 13.1. The van der Waals surface area contributed by atoms with Gasteiger partial charge in [-0.3, -0.25) is 19.8 Å². The third-order valence-electron chi connectivity index (χ3n) is 8.40. The number of esters is 1. The summed E-state index contributed by atoms with van der Waals surface area (Å²) >= 11 is 0. The van der Waals surface area contributed by atoms with E-state index in [0.29, 0.717) is 35.3 Å². The Labute approximate surface area is 250 Å². The minimum Gasteiger partial charge on any atom is -0.459 e. The average Bonchev–Trinajstić information content (AvgIpc) is 3.67. The zero-order valence-corrected chi connectivity index (χ0v) is 25.4. The van der Waals surface area contributed by atoms with Gasteiger partial charge in [-0.2, -0.15) is 4.98 Å². The molecule has 0 aromatic carbocycles. The van der Waals surface area contributed by atoms with E-state index in [2.05, 4.69) is 30.4 Å². The lowest BCUT2D eigenvalue weighted by molar-refractivity contribution is -0.162. The second kappa shape index (κ2) is 10.9. The van der Waals surface area contributed by atoms with Gasteiger partial charge in [0, 0.05) is 44.2 Å². The monoisotopic (exact) mass is 589 g/mol. The largest absolute Gasteiger partial charge is 0.459 e. The number of aromatic nitrogens is 5. The molecule has 2 amide bonds. The molecule has 13 nitrogen and oxygen atoms in total. The maximum Gasteiger partial charge on any atom is 0.328 e. The van der Waals surface area contributed by atoms with Gasteiger partial charge in [0.1, 0.15) is 22.5 Å². The van der Waals surface area contributed by atoms with Crippen LogP contribution in [0.15, 0.2) is 24.4 Å². The molecule has 2 atom stereocenters. The Hall–Kier alpha value is -4.13. The lowest BCUT2D eigenvalue weighted by Crippen LogP contribution is -2.57. The summed E-state index contributed by atoms with van der Waals surface area (Å²) in [5.74, 6) is 0.523. The molecule has 3 fully saturated rings. The Morgan fingerprint density at radius 2 is 1.91 bits per heavy atom. The lowest BCUT2D eigenvalue weighted by atomic mass is 9.94. The first-order valence-corrected chi connectivity index (χ1v) is 14.9. The van der Waals surface area contributed by atoms with Crippen molar-refractivity contribution < 1.29 is 19.1 Å². The molecular weight excluding hydrogens is 550 g/mol. The van der Waals surface area contributed by atoms with E-state index in [4.69, 9.17) is 9.72 Å². The van der Waals surface area contributed by atoms with Crippen molar-refractivity contribution in [2.75, 3.05) is 30.9 Å². The third-order valence-corrected chi connectivity index (χ3v) is 8.40. The van der Waals surface area contributed by atoms with Crippen molar-refractivity contribution in [2.45, 2.75) is 88.9 Å². The lowest BCUT2D eigenvalue weighted by Gasteiger charge is -2.34. The first-order chi connectivity index (χ1) is 20.4. The van der Waals surface area contributed by atoms with Crippen LogP contribution in [0.25, 0.3) is 11.0 Å². The Morgan fingerprint density at radius 1 is 1.14 bits per heavy atom. The highest BCUT2D eigenvalue weighted by atomic mass is 16.6. The Balaban J connectivity index is 1.24. The summed E-state index contributed by atoms with van der Waals surface area (Å²) in [7, 11) is 3.50. The quantitative estimate of drug-likeness (QED) is 0.410. The normalized spacial score (nSPS) is 22.6. The molecule has 2 unspecified atom stereocenters. The van der Waals surface area contributed by atoms with E-state index in [1.807, 2.05) is 26.8 Å². The van der Waals surface area contributed by atoms with Gasteiger partial charge < -0.3 is 19.5 Å². The molecule has 3 aliphatic rings. The Bertz CT molecular complexity index is 1560. The molecule has 3 aromatic heterocycles. The van der Waals surface area contributed by atoms with Gasteiger partial charge in [0.25, 0.3) is 5.91 Å². The van der Waals surface area contributed by atoms with Gasteiger partial charge in [-0.15, -0.1) is 10.2 Å². The first kappa shape index (κ1) is 29.0. The van der Waals surface area contributed by atoms with Gasteiger partial charge in [0.15, 0.2) is 11.6 Å². The molecule has 0 spiro atoms.